The van der Waals surface area contributed by atoms with Crippen LogP contribution in [-0.4, -0.2) is 25.5 Å². The van der Waals surface area contributed by atoms with Gasteiger partial charge in [0.25, 0.3) is 0 Å². The molecule has 4 heteroatoms. The van der Waals surface area contributed by atoms with E-state index in [2.05, 4.69) is 45.9 Å². The molecule has 0 radical (unpaired) electrons. The molecule has 2 aromatic rings. The quantitative estimate of drug-likeness (QED) is 0.841. The number of benzene rings is 1. The van der Waals surface area contributed by atoms with E-state index >= 15 is 0 Å². The molecule has 2 heterocycles. The minimum atomic E-state index is 0.145. The smallest absolute Gasteiger partial charge is 0.220 e. The fourth-order valence-electron chi connectivity index (χ4n) is 2.97. The average Bonchev–Trinajstić information content (AvgIpc) is 3.27. The lowest BCUT2D eigenvalue weighted by molar-refractivity contribution is -0.121. The van der Waals surface area contributed by atoms with Gasteiger partial charge in [-0.15, -0.1) is 11.3 Å². The molecule has 1 aromatic heterocycles. The third-order valence-electron chi connectivity index (χ3n) is 4.32. The van der Waals surface area contributed by atoms with E-state index in [0.717, 1.165) is 12.8 Å². The van der Waals surface area contributed by atoms with Crippen molar-refractivity contribution in [3.63, 3.8) is 0 Å². The molecule has 3 nitrogen and oxygen atoms in total. The third-order valence-corrected chi connectivity index (χ3v) is 5.26. The summed E-state index contributed by atoms with van der Waals surface area (Å²) >= 11 is 1.71. The van der Waals surface area contributed by atoms with Crippen molar-refractivity contribution >= 4 is 22.9 Å². The number of carbonyl (C=O) groups is 1. The van der Waals surface area contributed by atoms with E-state index in [4.69, 9.17) is 0 Å². The minimum absolute atomic E-state index is 0.145. The highest BCUT2D eigenvalue weighted by Gasteiger charge is 2.11. The van der Waals surface area contributed by atoms with Gasteiger partial charge in [-0.2, -0.15) is 0 Å². The van der Waals surface area contributed by atoms with Crippen molar-refractivity contribution in [2.45, 2.75) is 32.1 Å². The van der Waals surface area contributed by atoms with E-state index < -0.39 is 0 Å². The summed E-state index contributed by atoms with van der Waals surface area (Å²) in [5, 5.41) is 5.07. The van der Waals surface area contributed by atoms with Crippen LogP contribution in [0, 0.1) is 0 Å². The highest BCUT2D eigenvalue weighted by Crippen LogP contribution is 2.20. The molecule has 122 valence electrons. The largest absolute Gasteiger partial charge is 0.372 e. The van der Waals surface area contributed by atoms with Gasteiger partial charge in [0.2, 0.25) is 5.91 Å². The first-order chi connectivity index (χ1) is 11.3. The van der Waals surface area contributed by atoms with Crippen LogP contribution in [0.5, 0.6) is 0 Å². The molecular formula is C19H24N2OS. The Balaban J connectivity index is 1.37. The number of hydrogen-bond donors (Lipinski definition) is 1. The molecule has 0 spiro atoms. The van der Waals surface area contributed by atoms with E-state index in [1.54, 1.807) is 11.3 Å². The Morgan fingerprint density at radius 3 is 2.57 bits per heavy atom. The van der Waals surface area contributed by atoms with E-state index in [9.17, 15) is 4.79 Å². The fraction of sp³-hybridized carbons (Fsp3) is 0.421. The summed E-state index contributed by atoms with van der Waals surface area (Å²) in [6, 6.07) is 12.9. The number of carbonyl (C=O) groups excluding carboxylic acids is 1. The molecular weight excluding hydrogens is 304 g/mol. The number of nitrogens with one attached hydrogen (secondary N) is 1. The topological polar surface area (TPSA) is 32.3 Å². The molecule has 23 heavy (non-hydrogen) atoms. The summed E-state index contributed by atoms with van der Waals surface area (Å²) in [6.45, 7) is 3.08. The Bertz CT molecular complexity index is 601. The average molecular weight is 328 g/mol. The lowest BCUT2D eigenvalue weighted by atomic mass is 10.1. The summed E-state index contributed by atoms with van der Waals surface area (Å²) < 4.78 is 0. The van der Waals surface area contributed by atoms with Crippen LogP contribution >= 0.6 is 11.3 Å². The van der Waals surface area contributed by atoms with Gasteiger partial charge in [-0.3, -0.25) is 4.79 Å². The number of nitrogens with zero attached hydrogens (tertiary/aromatic N) is 1. The second-order valence-electron chi connectivity index (χ2n) is 6.04. The number of anilines is 1. The zero-order valence-electron chi connectivity index (χ0n) is 13.5. The maximum Gasteiger partial charge on any atom is 0.220 e. The molecule has 1 fully saturated rings. The molecule has 0 aliphatic carbocycles. The van der Waals surface area contributed by atoms with Gasteiger partial charge in [0.15, 0.2) is 0 Å². The molecule has 1 saturated heterocycles. The van der Waals surface area contributed by atoms with Crippen molar-refractivity contribution in [3.8, 4) is 0 Å². The van der Waals surface area contributed by atoms with Crippen molar-refractivity contribution in [1.29, 1.82) is 0 Å². The SMILES string of the molecule is O=C(CCc1cccs1)NCCc1ccc(N2CCCC2)cc1. The first-order valence-electron chi connectivity index (χ1n) is 8.44. The number of thiophene rings is 1. The van der Waals surface area contributed by atoms with Gasteiger partial charge in [-0.25, -0.2) is 0 Å². The minimum Gasteiger partial charge on any atom is -0.372 e. The lowest BCUT2D eigenvalue weighted by Gasteiger charge is -2.17. The predicted octanol–water partition coefficient (Wildman–Crippen LogP) is 3.64. The standard InChI is InChI=1S/C19H24N2OS/c22-19(10-9-18-4-3-15-23-18)20-12-11-16-5-7-17(8-6-16)21-13-1-2-14-21/h3-8,15H,1-2,9-14H2,(H,20,22). The molecule has 1 aromatic carbocycles. The van der Waals surface area contributed by atoms with Crippen LogP contribution < -0.4 is 10.2 Å². The molecule has 1 N–H and O–H groups in total. The van der Waals surface area contributed by atoms with E-state index in [0.29, 0.717) is 13.0 Å². The first-order valence-corrected chi connectivity index (χ1v) is 9.32. The van der Waals surface area contributed by atoms with Gasteiger partial charge in [0.05, 0.1) is 0 Å². The van der Waals surface area contributed by atoms with Gasteiger partial charge in [0.1, 0.15) is 0 Å². The predicted molar refractivity (Wildman–Crippen MR) is 97.2 cm³/mol. The summed E-state index contributed by atoms with van der Waals surface area (Å²) in [4.78, 5) is 15.6. The Hall–Kier alpha value is -1.81. The Morgan fingerprint density at radius 1 is 1.09 bits per heavy atom. The highest BCUT2D eigenvalue weighted by molar-refractivity contribution is 7.09. The second kappa shape index (κ2) is 8.16. The van der Waals surface area contributed by atoms with Crippen molar-refractivity contribution in [3.05, 3.63) is 52.2 Å². The molecule has 1 aliphatic heterocycles. The summed E-state index contributed by atoms with van der Waals surface area (Å²) in [7, 11) is 0. The number of aryl methyl sites for hydroxylation is 1. The molecule has 1 aliphatic rings. The van der Waals surface area contributed by atoms with Crippen molar-refractivity contribution in [2.75, 3.05) is 24.5 Å². The number of rotatable bonds is 7. The van der Waals surface area contributed by atoms with Crippen LogP contribution in [0.25, 0.3) is 0 Å². The van der Waals surface area contributed by atoms with Crippen molar-refractivity contribution in [2.24, 2.45) is 0 Å². The van der Waals surface area contributed by atoms with Gasteiger partial charge in [-0.05, 0) is 54.8 Å². The molecule has 0 bridgehead atoms. The zero-order valence-corrected chi connectivity index (χ0v) is 14.3. The summed E-state index contributed by atoms with van der Waals surface area (Å²) in [5.41, 5.74) is 2.61. The van der Waals surface area contributed by atoms with Gasteiger partial charge in [-0.1, -0.05) is 18.2 Å². The van der Waals surface area contributed by atoms with Gasteiger partial charge in [0, 0.05) is 36.6 Å². The van der Waals surface area contributed by atoms with Crippen LogP contribution in [0.1, 0.15) is 29.7 Å². The molecule has 0 unspecified atom stereocenters. The highest BCUT2D eigenvalue weighted by atomic mass is 32.1. The molecule has 3 rings (SSSR count). The van der Waals surface area contributed by atoms with Crippen LogP contribution in [0.15, 0.2) is 41.8 Å². The van der Waals surface area contributed by atoms with Crippen molar-refractivity contribution < 1.29 is 4.79 Å². The first kappa shape index (κ1) is 16.1. The maximum absolute atomic E-state index is 11.8. The second-order valence-corrected chi connectivity index (χ2v) is 7.07. The lowest BCUT2D eigenvalue weighted by Crippen LogP contribution is -2.25. The van der Waals surface area contributed by atoms with Crippen LogP contribution in [0.4, 0.5) is 5.69 Å². The summed E-state index contributed by atoms with van der Waals surface area (Å²) in [6.07, 6.45) is 4.92. The van der Waals surface area contributed by atoms with E-state index in [1.165, 1.54) is 42.1 Å². The summed E-state index contributed by atoms with van der Waals surface area (Å²) in [5.74, 6) is 0.145. The third kappa shape index (κ3) is 4.83. The van der Waals surface area contributed by atoms with E-state index in [1.807, 2.05) is 6.07 Å². The van der Waals surface area contributed by atoms with Crippen LogP contribution in [-0.2, 0) is 17.6 Å². The Labute approximate surface area is 142 Å². The Morgan fingerprint density at radius 2 is 1.87 bits per heavy atom. The molecule has 1 amide bonds. The maximum atomic E-state index is 11.8. The van der Waals surface area contributed by atoms with Gasteiger partial charge < -0.3 is 10.2 Å². The van der Waals surface area contributed by atoms with E-state index in [-0.39, 0.29) is 5.91 Å². The normalized spacial score (nSPS) is 14.2. The Kier molecular flexibility index (Phi) is 5.70. The van der Waals surface area contributed by atoms with Crippen LogP contribution in [0.2, 0.25) is 0 Å². The number of hydrogen-bond acceptors (Lipinski definition) is 3. The van der Waals surface area contributed by atoms with Crippen LogP contribution in [0.3, 0.4) is 0 Å². The van der Waals surface area contributed by atoms with Crippen molar-refractivity contribution in [1.82, 2.24) is 5.32 Å². The van der Waals surface area contributed by atoms with Gasteiger partial charge >= 0.3 is 0 Å². The monoisotopic (exact) mass is 328 g/mol. The number of amides is 1. The molecule has 0 saturated carbocycles. The molecule has 0 atom stereocenters. The fourth-order valence-corrected chi connectivity index (χ4v) is 3.68. The zero-order chi connectivity index (χ0) is 15.9.